The summed E-state index contributed by atoms with van der Waals surface area (Å²) in [5.41, 5.74) is 2.61. The number of pyridine rings is 1. The molecule has 1 fully saturated rings. The van der Waals surface area contributed by atoms with Crippen molar-refractivity contribution in [3.63, 3.8) is 0 Å². The first-order chi connectivity index (χ1) is 9.18. The normalized spacial score (nSPS) is 28.6. The summed E-state index contributed by atoms with van der Waals surface area (Å²) in [4.78, 5) is 4.54. The minimum Gasteiger partial charge on any atom is -0.496 e. The number of aliphatic hydroxyl groups is 1. The SMILES string of the molecule is COc1c(C)cnc(CC2(O)CC(C)(C)CC2C)c1C. The van der Waals surface area contributed by atoms with Crippen LogP contribution in [-0.2, 0) is 6.42 Å². The van der Waals surface area contributed by atoms with Gasteiger partial charge in [0, 0.05) is 29.4 Å². The van der Waals surface area contributed by atoms with E-state index in [9.17, 15) is 5.11 Å². The van der Waals surface area contributed by atoms with Gasteiger partial charge >= 0.3 is 0 Å². The largest absolute Gasteiger partial charge is 0.496 e. The average molecular weight is 277 g/mol. The zero-order chi connectivity index (χ0) is 15.1. The molecule has 20 heavy (non-hydrogen) atoms. The van der Waals surface area contributed by atoms with E-state index < -0.39 is 5.60 Å². The molecule has 2 atom stereocenters. The first-order valence-electron chi connectivity index (χ1n) is 7.40. The molecule has 1 aromatic heterocycles. The van der Waals surface area contributed by atoms with Crippen LogP contribution in [0.2, 0.25) is 0 Å². The molecule has 3 nitrogen and oxygen atoms in total. The summed E-state index contributed by atoms with van der Waals surface area (Å²) < 4.78 is 5.46. The maximum atomic E-state index is 11.0. The number of hydrogen-bond acceptors (Lipinski definition) is 3. The van der Waals surface area contributed by atoms with Gasteiger partial charge < -0.3 is 9.84 Å². The Morgan fingerprint density at radius 2 is 2.05 bits per heavy atom. The topological polar surface area (TPSA) is 42.4 Å². The van der Waals surface area contributed by atoms with Gasteiger partial charge in [-0.2, -0.15) is 0 Å². The number of ether oxygens (including phenoxy) is 1. The minimum absolute atomic E-state index is 0.205. The molecule has 0 aliphatic heterocycles. The van der Waals surface area contributed by atoms with E-state index in [4.69, 9.17) is 4.74 Å². The second-order valence-electron chi connectivity index (χ2n) is 7.27. The number of rotatable bonds is 3. The highest BCUT2D eigenvalue weighted by atomic mass is 16.5. The van der Waals surface area contributed by atoms with E-state index in [1.807, 2.05) is 20.0 Å². The smallest absolute Gasteiger partial charge is 0.128 e. The molecule has 0 spiro atoms. The Kier molecular flexibility index (Phi) is 3.85. The fourth-order valence-electron chi connectivity index (χ4n) is 3.87. The fourth-order valence-corrected chi connectivity index (χ4v) is 3.87. The summed E-state index contributed by atoms with van der Waals surface area (Å²) >= 11 is 0. The molecule has 0 bridgehead atoms. The lowest BCUT2D eigenvalue weighted by atomic mass is 9.85. The third-order valence-electron chi connectivity index (χ3n) is 4.78. The van der Waals surface area contributed by atoms with Gasteiger partial charge in [-0.15, -0.1) is 0 Å². The minimum atomic E-state index is -0.651. The second kappa shape index (κ2) is 5.03. The Hall–Kier alpha value is -1.09. The molecule has 1 saturated carbocycles. The van der Waals surface area contributed by atoms with Gasteiger partial charge in [0.05, 0.1) is 12.7 Å². The van der Waals surface area contributed by atoms with Crippen LogP contribution in [0.5, 0.6) is 5.75 Å². The standard InChI is InChI=1S/C17H27NO2/c1-11-9-18-14(13(3)15(11)20-6)8-17(19)10-16(4,5)7-12(17)2/h9,12,19H,7-8,10H2,1-6H3. The summed E-state index contributed by atoms with van der Waals surface area (Å²) in [6.45, 7) is 10.6. The molecule has 2 rings (SSSR count). The summed E-state index contributed by atoms with van der Waals surface area (Å²) in [5, 5.41) is 11.0. The average Bonchev–Trinajstić information content (AvgIpc) is 2.52. The maximum Gasteiger partial charge on any atom is 0.128 e. The van der Waals surface area contributed by atoms with Crippen molar-refractivity contribution in [2.24, 2.45) is 11.3 Å². The molecule has 1 N–H and O–H groups in total. The van der Waals surface area contributed by atoms with Crippen molar-refractivity contribution in [2.75, 3.05) is 7.11 Å². The highest BCUT2D eigenvalue weighted by molar-refractivity contribution is 5.41. The molecule has 2 unspecified atom stereocenters. The Morgan fingerprint density at radius 3 is 2.55 bits per heavy atom. The van der Waals surface area contributed by atoms with E-state index in [2.05, 4.69) is 25.8 Å². The number of methoxy groups -OCH3 is 1. The van der Waals surface area contributed by atoms with Gasteiger partial charge in [0.25, 0.3) is 0 Å². The predicted octanol–water partition coefficient (Wildman–Crippen LogP) is 3.44. The monoisotopic (exact) mass is 277 g/mol. The summed E-state index contributed by atoms with van der Waals surface area (Å²) in [7, 11) is 1.69. The number of hydrogen-bond donors (Lipinski definition) is 1. The molecule has 112 valence electrons. The van der Waals surface area contributed by atoms with E-state index in [-0.39, 0.29) is 5.41 Å². The van der Waals surface area contributed by atoms with Crippen molar-refractivity contribution in [1.29, 1.82) is 0 Å². The van der Waals surface area contributed by atoms with Crippen molar-refractivity contribution in [2.45, 2.75) is 59.5 Å². The molecular weight excluding hydrogens is 250 g/mol. The van der Waals surface area contributed by atoms with Gasteiger partial charge in [0.15, 0.2) is 0 Å². The van der Waals surface area contributed by atoms with Crippen LogP contribution in [0.1, 0.15) is 50.4 Å². The van der Waals surface area contributed by atoms with Crippen molar-refractivity contribution in [3.05, 3.63) is 23.0 Å². The van der Waals surface area contributed by atoms with Crippen molar-refractivity contribution < 1.29 is 9.84 Å². The van der Waals surface area contributed by atoms with Crippen LogP contribution in [0.3, 0.4) is 0 Å². The lowest BCUT2D eigenvalue weighted by Crippen LogP contribution is -2.35. The number of aromatic nitrogens is 1. The first kappa shape index (κ1) is 15.3. The van der Waals surface area contributed by atoms with E-state index in [1.165, 1.54) is 0 Å². The summed E-state index contributed by atoms with van der Waals surface area (Å²) in [6, 6.07) is 0. The van der Waals surface area contributed by atoms with Crippen LogP contribution in [0.4, 0.5) is 0 Å². The lowest BCUT2D eigenvalue weighted by Gasteiger charge is -2.29. The first-order valence-corrected chi connectivity index (χ1v) is 7.40. The molecular formula is C17H27NO2. The van der Waals surface area contributed by atoms with Gasteiger partial charge in [0.1, 0.15) is 5.75 Å². The van der Waals surface area contributed by atoms with E-state index in [1.54, 1.807) is 7.11 Å². The highest BCUT2D eigenvalue weighted by Crippen LogP contribution is 2.49. The van der Waals surface area contributed by atoms with Crippen LogP contribution in [-0.4, -0.2) is 22.8 Å². The molecule has 1 aliphatic carbocycles. The third-order valence-corrected chi connectivity index (χ3v) is 4.78. The Morgan fingerprint density at radius 1 is 1.40 bits per heavy atom. The molecule has 3 heteroatoms. The van der Waals surface area contributed by atoms with Crippen LogP contribution >= 0.6 is 0 Å². The number of aryl methyl sites for hydroxylation is 1. The molecule has 0 amide bonds. The molecule has 1 aromatic rings. The van der Waals surface area contributed by atoms with Gasteiger partial charge in [0.2, 0.25) is 0 Å². The van der Waals surface area contributed by atoms with Crippen molar-refractivity contribution in [3.8, 4) is 5.75 Å². The Balaban J connectivity index is 2.31. The molecule has 0 saturated heterocycles. The summed E-state index contributed by atoms with van der Waals surface area (Å²) in [6.07, 6.45) is 4.35. The van der Waals surface area contributed by atoms with Crippen molar-refractivity contribution in [1.82, 2.24) is 4.98 Å². The molecule has 1 heterocycles. The molecule has 0 radical (unpaired) electrons. The summed E-state index contributed by atoms with van der Waals surface area (Å²) in [5.74, 6) is 1.19. The number of nitrogens with zero attached hydrogens (tertiary/aromatic N) is 1. The third kappa shape index (κ3) is 2.69. The highest BCUT2D eigenvalue weighted by Gasteiger charge is 2.47. The Bertz CT molecular complexity index is 510. The van der Waals surface area contributed by atoms with E-state index >= 15 is 0 Å². The van der Waals surface area contributed by atoms with Crippen molar-refractivity contribution >= 4 is 0 Å². The lowest BCUT2D eigenvalue weighted by molar-refractivity contribution is 0.00341. The van der Waals surface area contributed by atoms with E-state index in [0.29, 0.717) is 12.3 Å². The van der Waals surface area contributed by atoms with Gasteiger partial charge in [-0.1, -0.05) is 20.8 Å². The van der Waals surface area contributed by atoms with Crippen LogP contribution in [0, 0.1) is 25.2 Å². The Labute approximate surface area is 122 Å². The van der Waals surface area contributed by atoms with E-state index in [0.717, 1.165) is 35.4 Å². The maximum absolute atomic E-state index is 11.0. The second-order valence-corrected chi connectivity index (χ2v) is 7.27. The molecule has 1 aliphatic rings. The zero-order valence-electron chi connectivity index (χ0n) is 13.6. The van der Waals surface area contributed by atoms with Gasteiger partial charge in [-0.05, 0) is 38.0 Å². The van der Waals surface area contributed by atoms with Gasteiger partial charge in [-0.25, -0.2) is 0 Å². The van der Waals surface area contributed by atoms with Crippen LogP contribution in [0.15, 0.2) is 6.20 Å². The quantitative estimate of drug-likeness (QED) is 0.920. The predicted molar refractivity (Wildman–Crippen MR) is 81.1 cm³/mol. The zero-order valence-corrected chi connectivity index (χ0v) is 13.6. The fraction of sp³-hybridized carbons (Fsp3) is 0.706. The van der Waals surface area contributed by atoms with Crippen LogP contribution in [0.25, 0.3) is 0 Å². The van der Waals surface area contributed by atoms with Crippen LogP contribution < -0.4 is 4.74 Å². The molecule has 0 aromatic carbocycles. The van der Waals surface area contributed by atoms with Gasteiger partial charge in [-0.3, -0.25) is 4.98 Å².